The highest BCUT2D eigenvalue weighted by Gasteiger charge is 2.58. The van der Waals surface area contributed by atoms with E-state index >= 15 is 0 Å². The van der Waals surface area contributed by atoms with Crippen molar-refractivity contribution in [1.29, 1.82) is 0 Å². The topological polar surface area (TPSA) is 79.9 Å². The lowest BCUT2D eigenvalue weighted by Crippen LogP contribution is -2.55. The fourth-order valence-electron chi connectivity index (χ4n) is 5.67. The fourth-order valence-corrected chi connectivity index (χ4v) is 5.67. The van der Waals surface area contributed by atoms with Crippen molar-refractivity contribution < 1.29 is 9.47 Å². The summed E-state index contributed by atoms with van der Waals surface area (Å²) in [7, 11) is 3.78. The lowest BCUT2D eigenvalue weighted by Gasteiger charge is -2.53. The maximum Gasteiger partial charge on any atom is 0.223 e. The molecule has 0 aromatic carbocycles. The Kier molecular flexibility index (Phi) is 3.37. The molecule has 0 radical (unpaired) electrons. The van der Waals surface area contributed by atoms with Crippen LogP contribution in [0.4, 0.5) is 0 Å². The van der Waals surface area contributed by atoms with E-state index < -0.39 is 0 Å². The van der Waals surface area contributed by atoms with Gasteiger partial charge in [-0.3, -0.25) is 4.68 Å². The van der Waals surface area contributed by atoms with E-state index in [0.717, 1.165) is 31.4 Å². The van der Waals surface area contributed by atoms with E-state index in [4.69, 9.17) is 14.6 Å². The second kappa shape index (κ2) is 5.36. The molecule has 8 nitrogen and oxygen atoms in total. The Bertz CT molecular complexity index is 852. The van der Waals surface area contributed by atoms with Crippen molar-refractivity contribution in [3.8, 4) is 11.5 Å². The molecule has 0 amide bonds. The Labute approximate surface area is 152 Å². The SMILES string of the molecule is C[C@H]1[C@@H]2CCc3c(nn(C)c3-c3nnn(C)n3)[C@@]2(C)CCC12OCCO2. The molecule has 2 fully saturated rings. The van der Waals surface area contributed by atoms with Gasteiger partial charge in [0.15, 0.2) is 5.79 Å². The molecule has 3 atom stereocenters. The molecule has 2 aromatic rings. The molecule has 140 valence electrons. The van der Waals surface area contributed by atoms with Gasteiger partial charge in [0.25, 0.3) is 0 Å². The van der Waals surface area contributed by atoms with Gasteiger partial charge >= 0.3 is 0 Å². The first-order chi connectivity index (χ1) is 12.4. The molecule has 2 aromatic heterocycles. The highest BCUT2D eigenvalue weighted by molar-refractivity contribution is 5.58. The minimum absolute atomic E-state index is 0.0335. The summed E-state index contributed by atoms with van der Waals surface area (Å²) in [4.78, 5) is 1.50. The molecular weight excluding hydrogens is 332 g/mol. The molecular formula is C18H26N6O2. The van der Waals surface area contributed by atoms with Gasteiger partial charge in [0.05, 0.1) is 26.0 Å². The molecule has 3 heterocycles. The van der Waals surface area contributed by atoms with Gasteiger partial charge in [-0.1, -0.05) is 13.8 Å². The van der Waals surface area contributed by atoms with Gasteiger partial charge in [0, 0.05) is 30.4 Å². The molecule has 26 heavy (non-hydrogen) atoms. The van der Waals surface area contributed by atoms with Crippen LogP contribution in [0.2, 0.25) is 0 Å². The molecule has 0 N–H and O–H groups in total. The van der Waals surface area contributed by atoms with E-state index in [0.29, 0.717) is 30.9 Å². The van der Waals surface area contributed by atoms with Crippen molar-refractivity contribution in [3.05, 3.63) is 11.3 Å². The van der Waals surface area contributed by atoms with Crippen LogP contribution in [-0.4, -0.2) is 49.0 Å². The van der Waals surface area contributed by atoms with Crippen LogP contribution in [-0.2, 0) is 35.4 Å². The summed E-state index contributed by atoms with van der Waals surface area (Å²) in [6.07, 6.45) is 4.05. The maximum atomic E-state index is 6.10. The third-order valence-electron chi connectivity index (χ3n) is 7.00. The molecule has 1 aliphatic heterocycles. The predicted octanol–water partition coefficient (Wildman–Crippen LogP) is 1.60. The van der Waals surface area contributed by atoms with Gasteiger partial charge in [-0.05, 0) is 30.4 Å². The molecule has 0 bridgehead atoms. The summed E-state index contributed by atoms with van der Waals surface area (Å²) in [5, 5.41) is 17.6. The number of aromatic nitrogens is 6. The Hall–Kier alpha value is -1.80. The third kappa shape index (κ3) is 2.02. The number of nitrogens with zero attached hydrogens (tertiary/aromatic N) is 6. The number of rotatable bonds is 1. The maximum absolute atomic E-state index is 6.10. The number of tetrazole rings is 1. The summed E-state index contributed by atoms with van der Waals surface area (Å²) in [5.41, 5.74) is 3.54. The first kappa shape index (κ1) is 16.4. The predicted molar refractivity (Wildman–Crippen MR) is 93.2 cm³/mol. The first-order valence-corrected chi connectivity index (χ1v) is 9.53. The monoisotopic (exact) mass is 358 g/mol. The van der Waals surface area contributed by atoms with E-state index in [1.54, 1.807) is 7.05 Å². The average Bonchev–Trinajstić information content (AvgIpc) is 3.31. The van der Waals surface area contributed by atoms with Crippen LogP contribution in [0.25, 0.3) is 11.5 Å². The lowest BCUT2D eigenvalue weighted by atomic mass is 9.55. The summed E-state index contributed by atoms with van der Waals surface area (Å²) in [5.74, 6) is 1.14. The summed E-state index contributed by atoms with van der Waals surface area (Å²) >= 11 is 0. The van der Waals surface area contributed by atoms with Crippen molar-refractivity contribution in [2.24, 2.45) is 25.9 Å². The van der Waals surface area contributed by atoms with Crippen molar-refractivity contribution in [3.63, 3.8) is 0 Å². The smallest absolute Gasteiger partial charge is 0.223 e. The molecule has 1 saturated heterocycles. The standard InChI is InChI=1S/C18H26N6O2/c1-11-13-6-5-12-14(16-19-22-24(4)21-16)23(3)20-15(12)17(13,2)7-8-18(11)25-9-10-26-18/h11,13H,5-10H2,1-4H3/t11-,13-,17-/m0/s1. The average molecular weight is 358 g/mol. The second-order valence-electron chi connectivity index (χ2n) is 8.26. The highest BCUT2D eigenvalue weighted by Crippen LogP contribution is 2.57. The van der Waals surface area contributed by atoms with E-state index in [1.807, 2.05) is 11.7 Å². The van der Waals surface area contributed by atoms with Crippen molar-refractivity contribution in [1.82, 2.24) is 30.0 Å². The molecule has 3 aliphatic rings. The van der Waals surface area contributed by atoms with Crippen LogP contribution >= 0.6 is 0 Å². The van der Waals surface area contributed by atoms with E-state index in [2.05, 4.69) is 29.3 Å². The largest absolute Gasteiger partial charge is 0.347 e. The summed E-state index contributed by atoms with van der Waals surface area (Å²) < 4.78 is 14.1. The van der Waals surface area contributed by atoms with Crippen LogP contribution in [0.5, 0.6) is 0 Å². The van der Waals surface area contributed by atoms with Crippen LogP contribution in [0.3, 0.4) is 0 Å². The van der Waals surface area contributed by atoms with Crippen molar-refractivity contribution >= 4 is 0 Å². The van der Waals surface area contributed by atoms with Gasteiger partial charge in [-0.2, -0.15) is 9.90 Å². The Morgan fingerprint density at radius 1 is 1.12 bits per heavy atom. The van der Waals surface area contributed by atoms with Crippen LogP contribution in [0, 0.1) is 11.8 Å². The summed E-state index contributed by atoms with van der Waals surface area (Å²) in [6, 6.07) is 0. The number of hydrogen-bond acceptors (Lipinski definition) is 6. The van der Waals surface area contributed by atoms with E-state index in [-0.39, 0.29) is 11.2 Å². The lowest BCUT2D eigenvalue weighted by molar-refractivity contribution is -0.234. The van der Waals surface area contributed by atoms with Gasteiger partial charge in [-0.25, -0.2) is 0 Å². The van der Waals surface area contributed by atoms with Gasteiger partial charge in [-0.15, -0.1) is 10.2 Å². The van der Waals surface area contributed by atoms with Gasteiger partial charge in [0.1, 0.15) is 5.69 Å². The summed E-state index contributed by atoms with van der Waals surface area (Å²) in [6.45, 7) is 6.09. The molecule has 8 heteroatoms. The Morgan fingerprint density at radius 3 is 2.58 bits per heavy atom. The van der Waals surface area contributed by atoms with Crippen molar-refractivity contribution in [2.75, 3.05) is 13.2 Å². The number of aryl methyl sites for hydroxylation is 2. The minimum Gasteiger partial charge on any atom is -0.347 e. The zero-order chi connectivity index (χ0) is 18.1. The van der Waals surface area contributed by atoms with Gasteiger partial charge in [0.2, 0.25) is 5.82 Å². The van der Waals surface area contributed by atoms with Gasteiger partial charge < -0.3 is 9.47 Å². The fraction of sp³-hybridized carbons (Fsp3) is 0.778. The van der Waals surface area contributed by atoms with Crippen LogP contribution in [0.15, 0.2) is 0 Å². The zero-order valence-corrected chi connectivity index (χ0v) is 15.9. The number of hydrogen-bond donors (Lipinski definition) is 0. The van der Waals surface area contributed by atoms with E-state index in [9.17, 15) is 0 Å². The zero-order valence-electron chi connectivity index (χ0n) is 15.9. The molecule has 1 saturated carbocycles. The Balaban J connectivity index is 1.58. The minimum atomic E-state index is -0.383. The third-order valence-corrected chi connectivity index (χ3v) is 7.00. The second-order valence-corrected chi connectivity index (χ2v) is 8.26. The molecule has 0 unspecified atom stereocenters. The first-order valence-electron chi connectivity index (χ1n) is 9.53. The van der Waals surface area contributed by atoms with Crippen LogP contribution in [0.1, 0.15) is 44.4 Å². The van der Waals surface area contributed by atoms with E-state index in [1.165, 1.54) is 16.1 Å². The quantitative estimate of drug-likeness (QED) is 0.770. The van der Waals surface area contributed by atoms with Crippen LogP contribution < -0.4 is 0 Å². The number of fused-ring (bicyclic) bond motifs is 3. The normalized spacial score (nSPS) is 32.6. The molecule has 5 rings (SSSR count). The molecule has 2 aliphatic carbocycles. The molecule has 1 spiro atoms. The number of ether oxygens (including phenoxy) is 2. The van der Waals surface area contributed by atoms with Crippen molar-refractivity contribution in [2.45, 2.75) is 50.7 Å². The Morgan fingerprint density at radius 2 is 1.88 bits per heavy atom. The highest BCUT2D eigenvalue weighted by atomic mass is 16.7.